The molecule has 0 radical (unpaired) electrons. The maximum atomic E-state index is 3.40. The molecule has 1 N–H and O–H groups in total. The minimum atomic E-state index is 1.06. The summed E-state index contributed by atoms with van der Waals surface area (Å²) in [6.07, 6.45) is 0. The van der Waals surface area contributed by atoms with E-state index in [-0.39, 0.29) is 0 Å². The first-order valence-corrected chi connectivity index (χ1v) is 7.41. The Bertz CT molecular complexity index is 571. The highest BCUT2D eigenvalue weighted by Gasteiger charge is 2.10. The fraction of sp³-hybridized carbons (Fsp3) is 0.333. The molecule has 2 nitrogen and oxygen atoms in total. The second kappa shape index (κ2) is 6.21. The predicted molar refractivity (Wildman–Crippen MR) is 84.8 cm³/mol. The Hall–Kier alpha value is -1.64. The number of aryl methyl sites for hydroxylation is 1. The molecule has 0 spiro atoms. The lowest BCUT2D eigenvalue weighted by Crippen LogP contribution is -2.42. The molecule has 0 aromatic heterocycles. The van der Waals surface area contributed by atoms with Crippen LogP contribution >= 0.6 is 0 Å². The summed E-state index contributed by atoms with van der Waals surface area (Å²) in [6, 6.07) is 17.6. The topological polar surface area (TPSA) is 15.3 Å². The van der Waals surface area contributed by atoms with Gasteiger partial charge in [0.15, 0.2) is 0 Å². The fourth-order valence-corrected chi connectivity index (χ4v) is 2.86. The Morgan fingerprint density at radius 1 is 1.00 bits per heavy atom. The Labute approximate surface area is 121 Å². The maximum absolute atomic E-state index is 3.40. The van der Waals surface area contributed by atoms with Crippen LogP contribution in [0.3, 0.4) is 0 Å². The minimum absolute atomic E-state index is 1.06. The number of hydrogen-bond acceptors (Lipinski definition) is 2. The zero-order valence-corrected chi connectivity index (χ0v) is 12.1. The summed E-state index contributed by atoms with van der Waals surface area (Å²) < 4.78 is 0. The fourth-order valence-electron chi connectivity index (χ4n) is 2.86. The molecule has 2 heteroatoms. The van der Waals surface area contributed by atoms with Crippen molar-refractivity contribution in [2.24, 2.45) is 0 Å². The first kappa shape index (κ1) is 13.3. The van der Waals surface area contributed by atoms with Gasteiger partial charge in [-0.2, -0.15) is 0 Å². The Kier molecular flexibility index (Phi) is 4.14. The summed E-state index contributed by atoms with van der Waals surface area (Å²) in [5.74, 6) is 0. The van der Waals surface area contributed by atoms with Crippen molar-refractivity contribution in [3.05, 3.63) is 59.7 Å². The van der Waals surface area contributed by atoms with E-state index in [0.717, 1.165) is 32.7 Å². The summed E-state index contributed by atoms with van der Waals surface area (Å²) in [6.45, 7) is 7.75. The van der Waals surface area contributed by atoms with Gasteiger partial charge < -0.3 is 5.32 Å². The third-order valence-corrected chi connectivity index (χ3v) is 4.00. The van der Waals surface area contributed by atoms with Crippen LogP contribution in [0.5, 0.6) is 0 Å². The van der Waals surface area contributed by atoms with Gasteiger partial charge in [-0.3, -0.25) is 4.90 Å². The van der Waals surface area contributed by atoms with E-state index in [0.29, 0.717) is 0 Å². The second-order valence-electron chi connectivity index (χ2n) is 5.54. The summed E-state index contributed by atoms with van der Waals surface area (Å²) >= 11 is 0. The average Bonchev–Trinajstić information content (AvgIpc) is 2.49. The first-order valence-electron chi connectivity index (χ1n) is 7.41. The monoisotopic (exact) mass is 266 g/mol. The van der Waals surface area contributed by atoms with Crippen molar-refractivity contribution >= 4 is 0 Å². The zero-order valence-electron chi connectivity index (χ0n) is 12.1. The van der Waals surface area contributed by atoms with Crippen LogP contribution in [0.2, 0.25) is 0 Å². The molecule has 0 aliphatic carbocycles. The van der Waals surface area contributed by atoms with Crippen LogP contribution in [-0.4, -0.2) is 31.1 Å². The van der Waals surface area contributed by atoms with E-state index in [9.17, 15) is 0 Å². The van der Waals surface area contributed by atoms with Gasteiger partial charge in [-0.1, -0.05) is 42.5 Å². The minimum Gasteiger partial charge on any atom is -0.314 e. The van der Waals surface area contributed by atoms with Gasteiger partial charge in [0.2, 0.25) is 0 Å². The summed E-state index contributed by atoms with van der Waals surface area (Å²) in [5.41, 5.74) is 5.42. The van der Waals surface area contributed by atoms with Crippen LogP contribution in [-0.2, 0) is 6.54 Å². The van der Waals surface area contributed by atoms with Crippen LogP contribution in [0.1, 0.15) is 11.1 Å². The van der Waals surface area contributed by atoms with Crippen molar-refractivity contribution in [2.75, 3.05) is 26.2 Å². The van der Waals surface area contributed by atoms with Gasteiger partial charge in [-0.15, -0.1) is 0 Å². The Balaban J connectivity index is 1.80. The van der Waals surface area contributed by atoms with E-state index in [1.165, 1.54) is 22.3 Å². The molecule has 2 aromatic carbocycles. The maximum Gasteiger partial charge on any atom is 0.0235 e. The largest absolute Gasteiger partial charge is 0.314 e. The normalized spacial score (nSPS) is 16.2. The lowest BCUT2D eigenvalue weighted by molar-refractivity contribution is 0.233. The lowest BCUT2D eigenvalue weighted by atomic mass is 9.99. The van der Waals surface area contributed by atoms with Gasteiger partial charge in [0.05, 0.1) is 0 Å². The molecule has 0 saturated carbocycles. The predicted octanol–water partition coefficient (Wildman–Crippen LogP) is 3.07. The van der Waals surface area contributed by atoms with Gasteiger partial charge in [0.25, 0.3) is 0 Å². The number of hydrogen-bond donors (Lipinski definition) is 1. The highest BCUT2D eigenvalue weighted by Crippen LogP contribution is 2.24. The number of nitrogens with one attached hydrogen (secondary N) is 1. The van der Waals surface area contributed by atoms with Crippen LogP contribution in [0.15, 0.2) is 48.5 Å². The number of rotatable bonds is 3. The quantitative estimate of drug-likeness (QED) is 0.918. The van der Waals surface area contributed by atoms with Crippen LogP contribution in [0.25, 0.3) is 11.1 Å². The van der Waals surface area contributed by atoms with E-state index in [1.54, 1.807) is 0 Å². The molecule has 1 aliphatic rings. The van der Waals surface area contributed by atoms with Crippen LogP contribution in [0.4, 0.5) is 0 Å². The molecule has 20 heavy (non-hydrogen) atoms. The Morgan fingerprint density at radius 2 is 1.80 bits per heavy atom. The average molecular weight is 266 g/mol. The number of piperazine rings is 1. The van der Waals surface area contributed by atoms with Crippen LogP contribution in [0, 0.1) is 6.92 Å². The molecule has 1 heterocycles. The van der Waals surface area contributed by atoms with Gasteiger partial charge >= 0.3 is 0 Å². The molecule has 0 atom stereocenters. The highest BCUT2D eigenvalue weighted by molar-refractivity contribution is 5.67. The highest BCUT2D eigenvalue weighted by atomic mass is 15.2. The smallest absolute Gasteiger partial charge is 0.0235 e. The summed E-state index contributed by atoms with van der Waals surface area (Å²) in [7, 11) is 0. The summed E-state index contributed by atoms with van der Waals surface area (Å²) in [4.78, 5) is 2.52. The van der Waals surface area contributed by atoms with Crippen molar-refractivity contribution in [1.29, 1.82) is 0 Å². The third kappa shape index (κ3) is 3.09. The molecule has 1 fully saturated rings. The SMILES string of the molecule is Cc1ccccc1-c1cccc(CN2CCNCC2)c1. The van der Waals surface area contributed by atoms with Crippen molar-refractivity contribution in [2.45, 2.75) is 13.5 Å². The molecule has 104 valence electrons. The van der Waals surface area contributed by atoms with E-state index >= 15 is 0 Å². The van der Waals surface area contributed by atoms with Crippen molar-refractivity contribution < 1.29 is 0 Å². The number of nitrogens with zero attached hydrogens (tertiary/aromatic N) is 1. The standard InChI is InChI=1S/C18H22N2/c1-15-5-2-3-8-18(15)17-7-4-6-16(13-17)14-20-11-9-19-10-12-20/h2-8,13,19H,9-12,14H2,1H3. The van der Waals surface area contributed by atoms with E-state index in [1.807, 2.05) is 0 Å². The van der Waals surface area contributed by atoms with Gasteiger partial charge in [-0.05, 0) is 35.2 Å². The molecular formula is C18H22N2. The lowest BCUT2D eigenvalue weighted by Gasteiger charge is -2.27. The number of benzene rings is 2. The molecule has 0 amide bonds. The van der Waals surface area contributed by atoms with Crippen molar-refractivity contribution in [1.82, 2.24) is 10.2 Å². The molecule has 0 bridgehead atoms. The second-order valence-corrected chi connectivity index (χ2v) is 5.54. The zero-order chi connectivity index (χ0) is 13.8. The molecule has 1 saturated heterocycles. The molecule has 2 aromatic rings. The molecular weight excluding hydrogens is 244 g/mol. The third-order valence-electron chi connectivity index (χ3n) is 4.00. The van der Waals surface area contributed by atoms with Crippen molar-refractivity contribution in [3.63, 3.8) is 0 Å². The van der Waals surface area contributed by atoms with E-state index in [2.05, 4.69) is 65.7 Å². The molecule has 1 aliphatic heterocycles. The van der Waals surface area contributed by atoms with Crippen molar-refractivity contribution in [3.8, 4) is 11.1 Å². The van der Waals surface area contributed by atoms with Gasteiger partial charge in [0.1, 0.15) is 0 Å². The molecule has 3 rings (SSSR count). The van der Waals surface area contributed by atoms with E-state index < -0.39 is 0 Å². The molecule has 0 unspecified atom stereocenters. The summed E-state index contributed by atoms with van der Waals surface area (Å²) in [5, 5.41) is 3.40. The van der Waals surface area contributed by atoms with E-state index in [4.69, 9.17) is 0 Å². The first-order chi connectivity index (χ1) is 9.83. The van der Waals surface area contributed by atoms with Gasteiger partial charge in [-0.25, -0.2) is 0 Å². The van der Waals surface area contributed by atoms with Gasteiger partial charge in [0, 0.05) is 32.7 Å². The van der Waals surface area contributed by atoms with Crippen LogP contribution < -0.4 is 5.32 Å². The Morgan fingerprint density at radius 3 is 2.60 bits per heavy atom.